The van der Waals surface area contributed by atoms with Crippen LogP contribution in [-0.4, -0.2) is 12.3 Å². The van der Waals surface area contributed by atoms with E-state index in [0.29, 0.717) is 6.04 Å². The highest BCUT2D eigenvalue weighted by atomic mass is 14.8. The van der Waals surface area contributed by atoms with Gasteiger partial charge >= 0.3 is 0 Å². The van der Waals surface area contributed by atoms with Gasteiger partial charge in [-0.2, -0.15) is 0 Å². The van der Waals surface area contributed by atoms with Crippen molar-refractivity contribution in [3.8, 4) is 0 Å². The highest BCUT2D eigenvalue weighted by Gasteiger charge is 1.99. The summed E-state index contributed by atoms with van der Waals surface area (Å²) in [7, 11) is 0. The monoisotopic (exact) mass is 110 g/mol. The number of dihydropyridines is 1. The standard InChI is InChI=1S/C6H10N2/c1-5-2-3-6(7)4-8-5/h3-5H,2,7H2,1H3. The van der Waals surface area contributed by atoms with Gasteiger partial charge in [-0.15, -0.1) is 0 Å². The Bertz CT molecular complexity index is 135. The summed E-state index contributed by atoms with van der Waals surface area (Å²) in [5.74, 6) is 0. The van der Waals surface area contributed by atoms with E-state index >= 15 is 0 Å². The van der Waals surface area contributed by atoms with Gasteiger partial charge in [-0.3, -0.25) is 4.99 Å². The molecule has 1 rings (SSSR count). The molecule has 2 N–H and O–H groups in total. The lowest BCUT2D eigenvalue weighted by molar-refractivity contribution is 0.751. The Labute approximate surface area is 49.1 Å². The van der Waals surface area contributed by atoms with Crippen molar-refractivity contribution in [3.63, 3.8) is 0 Å². The van der Waals surface area contributed by atoms with Gasteiger partial charge in [-0.1, -0.05) is 6.08 Å². The van der Waals surface area contributed by atoms with E-state index < -0.39 is 0 Å². The molecule has 1 heterocycles. The molecule has 0 aromatic carbocycles. The average Bonchev–Trinajstić information content (AvgIpc) is 1.77. The van der Waals surface area contributed by atoms with Gasteiger partial charge in [0.25, 0.3) is 0 Å². The first kappa shape index (κ1) is 5.35. The number of hydrogen-bond donors (Lipinski definition) is 1. The second-order valence-electron chi connectivity index (χ2n) is 2.07. The van der Waals surface area contributed by atoms with Gasteiger partial charge in [-0.05, 0) is 13.3 Å². The van der Waals surface area contributed by atoms with Crippen LogP contribution in [0.15, 0.2) is 16.8 Å². The fraction of sp³-hybridized carbons (Fsp3) is 0.500. The molecule has 0 aromatic heterocycles. The molecule has 0 saturated carbocycles. The minimum absolute atomic E-state index is 0.433. The van der Waals surface area contributed by atoms with Gasteiger partial charge in [0.2, 0.25) is 0 Å². The van der Waals surface area contributed by atoms with Crippen LogP contribution in [-0.2, 0) is 0 Å². The fourth-order valence-corrected chi connectivity index (χ4v) is 0.634. The van der Waals surface area contributed by atoms with E-state index in [2.05, 4.69) is 11.9 Å². The van der Waals surface area contributed by atoms with Crippen molar-refractivity contribution >= 4 is 6.21 Å². The summed E-state index contributed by atoms with van der Waals surface area (Å²) in [6.07, 6.45) is 4.70. The minimum Gasteiger partial charge on any atom is -0.398 e. The van der Waals surface area contributed by atoms with E-state index in [-0.39, 0.29) is 0 Å². The average molecular weight is 110 g/mol. The maximum absolute atomic E-state index is 5.41. The van der Waals surface area contributed by atoms with E-state index in [4.69, 9.17) is 5.73 Å². The fourth-order valence-electron chi connectivity index (χ4n) is 0.634. The second kappa shape index (κ2) is 1.99. The normalized spacial score (nSPS) is 27.6. The zero-order valence-corrected chi connectivity index (χ0v) is 4.96. The molecule has 1 atom stereocenters. The Hall–Kier alpha value is -0.790. The Kier molecular flexibility index (Phi) is 1.33. The van der Waals surface area contributed by atoms with Gasteiger partial charge in [-0.25, -0.2) is 0 Å². The molecule has 1 unspecified atom stereocenters. The van der Waals surface area contributed by atoms with Crippen LogP contribution in [0.4, 0.5) is 0 Å². The maximum Gasteiger partial charge on any atom is 0.0507 e. The molecule has 0 radical (unpaired) electrons. The highest BCUT2D eigenvalue weighted by molar-refractivity contribution is 5.78. The summed E-state index contributed by atoms with van der Waals surface area (Å²) in [5, 5.41) is 0. The molecular weight excluding hydrogens is 100 g/mol. The molecule has 0 aliphatic carbocycles. The zero-order valence-electron chi connectivity index (χ0n) is 4.96. The molecule has 8 heavy (non-hydrogen) atoms. The van der Waals surface area contributed by atoms with Crippen molar-refractivity contribution in [3.05, 3.63) is 11.8 Å². The summed E-state index contributed by atoms with van der Waals surface area (Å²) in [6, 6.07) is 0.433. The van der Waals surface area contributed by atoms with E-state index in [0.717, 1.165) is 12.1 Å². The zero-order chi connectivity index (χ0) is 5.98. The first-order valence-corrected chi connectivity index (χ1v) is 2.78. The summed E-state index contributed by atoms with van der Waals surface area (Å²) >= 11 is 0. The van der Waals surface area contributed by atoms with Crippen LogP contribution >= 0.6 is 0 Å². The number of nitrogens with two attached hydrogens (primary N) is 1. The molecule has 1 aliphatic heterocycles. The molecule has 0 fully saturated rings. The minimum atomic E-state index is 0.433. The first-order chi connectivity index (χ1) is 3.79. The summed E-state index contributed by atoms with van der Waals surface area (Å²) in [4.78, 5) is 4.09. The third-order valence-electron chi connectivity index (χ3n) is 1.17. The van der Waals surface area contributed by atoms with Crippen molar-refractivity contribution in [1.82, 2.24) is 0 Å². The number of rotatable bonds is 0. The van der Waals surface area contributed by atoms with Crippen molar-refractivity contribution in [1.29, 1.82) is 0 Å². The third kappa shape index (κ3) is 1.09. The molecule has 0 bridgehead atoms. The molecule has 2 heteroatoms. The van der Waals surface area contributed by atoms with Crippen LogP contribution in [0.5, 0.6) is 0 Å². The smallest absolute Gasteiger partial charge is 0.0507 e. The van der Waals surface area contributed by atoms with Crippen LogP contribution in [0.2, 0.25) is 0 Å². The Morgan fingerprint density at radius 1 is 1.88 bits per heavy atom. The number of aliphatic imine (C=N–C) groups is 1. The molecule has 0 amide bonds. The Morgan fingerprint density at radius 3 is 3.00 bits per heavy atom. The van der Waals surface area contributed by atoms with Gasteiger partial charge in [0.05, 0.1) is 6.04 Å². The second-order valence-corrected chi connectivity index (χ2v) is 2.07. The summed E-state index contributed by atoms with van der Waals surface area (Å²) in [6.45, 7) is 2.07. The molecule has 0 spiro atoms. The predicted octanol–water partition coefficient (Wildman–Crippen LogP) is 0.692. The summed E-state index contributed by atoms with van der Waals surface area (Å²) < 4.78 is 0. The van der Waals surface area contributed by atoms with Crippen LogP contribution in [0.3, 0.4) is 0 Å². The van der Waals surface area contributed by atoms with Crippen molar-refractivity contribution < 1.29 is 0 Å². The van der Waals surface area contributed by atoms with Crippen LogP contribution in [0.1, 0.15) is 13.3 Å². The van der Waals surface area contributed by atoms with Gasteiger partial charge in [0.15, 0.2) is 0 Å². The van der Waals surface area contributed by atoms with E-state index in [9.17, 15) is 0 Å². The topological polar surface area (TPSA) is 38.4 Å². The summed E-state index contributed by atoms with van der Waals surface area (Å²) in [5.41, 5.74) is 6.20. The Balaban J connectivity index is 2.58. The maximum atomic E-state index is 5.41. The van der Waals surface area contributed by atoms with Crippen molar-refractivity contribution in [2.45, 2.75) is 19.4 Å². The van der Waals surface area contributed by atoms with Crippen molar-refractivity contribution in [2.24, 2.45) is 10.7 Å². The predicted molar refractivity (Wildman–Crippen MR) is 34.8 cm³/mol. The third-order valence-corrected chi connectivity index (χ3v) is 1.17. The van der Waals surface area contributed by atoms with E-state index in [1.165, 1.54) is 0 Å². The Morgan fingerprint density at radius 2 is 2.62 bits per heavy atom. The number of hydrogen-bond acceptors (Lipinski definition) is 2. The molecule has 44 valence electrons. The van der Waals surface area contributed by atoms with Crippen molar-refractivity contribution in [2.75, 3.05) is 0 Å². The van der Waals surface area contributed by atoms with Crippen LogP contribution in [0, 0.1) is 0 Å². The van der Waals surface area contributed by atoms with Crippen LogP contribution < -0.4 is 5.73 Å². The van der Waals surface area contributed by atoms with E-state index in [1.807, 2.05) is 6.08 Å². The molecular formula is C6H10N2. The highest BCUT2D eigenvalue weighted by Crippen LogP contribution is 2.03. The number of allylic oxidation sites excluding steroid dienone is 1. The lowest BCUT2D eigenvalue weighted by atomic mass is 10.2. The quantitative estimate of drug-likeness (QED) is 0.489. The largest absolute Gasteiger partial charge is 0.398 e. The first-order valence-electron chi connectivity index (χ1n) is 2.78. The molecule has 1 aliphatic rings. The molecule has 0 aromatic rings. The lowest BCUT2D eigenvalue weighted by Crippen LogP contribution is -2.08. The molecule has 2 nitrogen and oxygen atoms in total. The van der Waals surface area contributed by atoms with E-state index in [1.54, 1.807) is 6.21 Å². The van der Waals surface area contributed by atoms with Gasteiger partial charge < -0.3 is 5.73 Å². The van der Waals surface area contributed by atoms with Gasteiger partial charge in [0, 0.05) is 11.9 Å². The van der Waals surface area contributed by atoms with Gasteiger partial charge in [0.1, 0.15) is 0 Å². The lowest BCUT2D eigenvalue weighted by Gasteiger charge is -2.06. The van der Waals surface area contributed by atoms with Crippen LogP contribution in [0.25, 0.3) is 0 Å². The molecule has 0 saturated heterocycles. The number of nitrogens with zero attached hydrogens (tertiary/aromatic N) is 1. The SMILES string of the molecule is CC1CC=C(N)C=N1.